The summed E-state index contributed by atoms with van der Waals surface area (Å²) in [6.07, 6.45) is 9.60. The molecular formula is C19H32ClNO2. The minimum Gasteiger partial charge on any atom is -0.394 e. The minimum atomic E-state index is -1.19. The van der Waals surface area contributed by atoms with Crippen molar-refractivity contribution in [3.8, 4) is 0 Å². The molecule has 0 heterocycles. The molecule has 1 aromatic carbocycles. The Balaban J connectivity index is 2.05. The number of rotatable bonds is 12. The van der Waals surface area contributed by atoms with Crippen molar-refractivity contribution in [3.05, 3.63) is 35.4 Å². The Hall–Kier alpha value is -0.610. The van der Waals surface area contributed by atoms with Crippen LogP contribution in [0.3, 0.4) is 0 Å². The monoisotopic (exact) mass is 341 g/mol. The lowest BCUT2D eigenvalue weighted by Gasteiger charge is -2.28. The van der Waals surface area contributed by atoms with Gasteiger partial charge in [0.05, 0.1) is 12.1 Å². The summed E-state index contributed by atoms with van der Waals surface area (Å²) in [5.41, 5.74) is 6.43. The van der Waals surface area contributed by atoms with Gasteiger partial charge >= 0.3 is 0 Å². The first-order valence-electron chi connectivity index (χ1n) is 8.81. The van der Waals surface area contributed by atoms with E-state index in [4.69, 9.17) is 17.3 Å². The van der Waals surface area contributed by atoms with Crippen molar-refractivity contribution in [2.24, 2.45) is 5.73 Å². The standard InChI is InChI=1S/C19H32ClNO2/c1-2-16-10-12-17(13-11-16)9-7-5-3-4-6-8-14-19(21,15-22)18(20)23/h10-13,18,22-23H,2-9,14-15,21H2,1H3. The second-order valence-electron chi connectivity index (χ2n) is 6.52. The highest BCUT2D eigenvalue weighted by Crippen LogP contribution is 2.20. The van der Waals surface area contributed by atoms with E-state index >= 15 is 0 Å². The van der Waals surface area contributed by atoms with Gasteiger partial charge in [-0.15, -0.1) is 0 Å². The molecule has 0 aliphatic carbocycles. The minimum absolute atomic E-state index is 0.283. The third-order valence-corrected chi connectivity index (χ3v) is 4.99. The quantitative estimate of drug-likeness (QED) is 0.400. The van der Waals surface area contributed by atoms with Gasteiger partial charge in [0, 0.05) is 0 Å². The molecule has 0 bridgehead atoms. The first kappa shape index (κ1) is 20.4. The van der Waals surface area contributed by atoms with E-state index in [1.165, 1.54) is 30.4 Å². The second kappa shape index (κ2) is 11.0. The van der Waals surface area contributed by atoms with Gasteiger partial charge in [-0.3, -0.25) is 0 Å². The van der Waals surface area contributed by atoms with Crippen LogP contribution in [0.2, 0.25) is 0 Å². The number of halogens is 1. The van der Waals surface area contributed by atoms with Gasteiger partial charge in [-0.05, 0) is 36.8 Å². The molecule has 0 fully saturated rings. The molecule has 1 rings (SSSR count). The Bertz CT molecular complexity index is 422. The molecule has 4 heteroatoms. The fourth-order valence-corrected chi connectivity index (χ4v) is 2.88. The Morgan fingerprint density at radius 2 is 1.52 bits per heavy atom. The number of benzene rings is 1. The van der Waals surface area contributed by atoms with Crippen LogP contribution in [0.5, 0.6) is 0 Å². The van der Waals surface area contributed by atoms with Crippen molar-refractivity contribution >= 4 is 11.6 Å². The first-order valence-corrected chi connectivity index (χ1v) is 9.25. The summed E-state index contributed by atoms with van der Waals surface area (Å²) in [5, 5.41) is 18.6. The fraction of sp³-hybridized carbons (Fsp3) is 0.684. The van der Waals surface area contributed by atoms with Crippen LogP contribution >= 0.6 is 11.6 Å². The van der Waals surface area contributed by atoms with Crippen molar-refractivity contribution in [1.82, 2.24) is 0 Å². The molecule has 4 N–H and O–H groups in total. The van der Waals surface area contributed by atoms with Crippen LogP contribution in [0.4, 0.5) is 0 Å². The molecule has 0 aliphatic rings. The lowest BCUT2D eigenvalue weighted by molar-refractivity contribution is 0.0864. The van der Waals surface area contributed by atoms with E-state index in [9.17, 15) is 10.2 Å². The van der Waals surface area contributed by atoms with E-state index in [0.29, 0.717) is 6.42 Å². The normalized spacial score (nSPS) is 15.3. The van der Waals surface area contributed by atoms with E-state index < -0.39 is 11.1 Å². The lowest BCUT2D eigenvalue weighted by Crippen LogP contribution is -2.51. The average Bonchev–Trinajstić information content (AvgIpc) is 2.57. The van der Waals surface area contributed by atoms with Crippen LogP contribution in [0, 0.1) is 0 Å². The highest BCUT2D eigenvalue weighted by Gasteiger charge is 2.30. The number of unbranched alkanes of at least 4 members (excludes halogenated alkanes) is 5. The molecule has 0 radical (unpaired) electrons. The van der Waals surface area contributed by atoms with Crippen molar-refractivity contribution in [1.29, 1.82) is 0 Å². The van der Waals surface area contributed by atoms with Crippen molar-refractivity contribution in [2.75, 3.05) is 6.61 Å². The zero-order chi connectivity index (χ0) is 17.1. The van der Waals surface area contributed by atoms with E-state index in [0.717, 1.165) is 32.1 Å². The number of hydrogen-bond donors (Lipinski definition) is 3. The molecule has 2 unspecified atom stereocenters. The topological polar surface area (TPSA) is 66.5 Å². The van der Waals surface area contributed by atoms with Crippen LogP contribution in [0.1, 0.15) is 63.0 Å². The zero-order valence-electron chi connectivity index (χ0n) is 14.3. The molecule has 2 atom stereocenters. The molecule has 132 valence electrons. The summed E-state index contributed by atoms with van der Waals surface area (Å²) in [6.45, 7) is 1.90. The maximum absolute atomic E-state index is 9.37. The Labute approximate surface area is 145 Å². The fourth-order valence-electron chi connectivity index (χ4n) is 2.71. The van der Waals surface area contributed by atoms with Crippen LogP contribution in [-0.4, -0.2) is 27.9 Å². The zero-order valence-corrected chi connectivity index (χ0v) is 15.1. The third-order valence-electron chi connectivity index (χ3n) is 4.56. The largest absolute Gasteiger partial charge is 0.394 e. The first-order chi connectivity index (χ1) is 11.0. The molecule has 0 saturated carbocycles. The van der Waals surface area contributed by atoms with E-state index in [1.54, 1.807) is 0 Å². The number of aliphatic hydroxyl groups is 2. The maximum atomic E-state index is 9.37. The molecule has 23 heavy (non-hydrogen) atoms. The van der Waals surface area contributed by atoms with Crippen LogP contribution in [0.15, 0.2) is 24.3 Å². The van der Waals surface area contributed by atoms with Gasteiger partial charge < -0.3 is 15.9 Å². The van der Waals surface area contributed by atoms with Gasteiger partial charge in [0.25, 0.3) is 0 Å². The van der Waals surface area contributed by atoms with Gasteiger partial charge in [-0.1, -0.05) is 74.9 Å². The predicted octanol–water partition coefficient (Wildman–Crippen LogP) is 3.77. The van der Waals surface area contributed by atoms with Gasteiger partial charge in [0.2, 0.25) is 0 Å². The summed E-state index contributed by atoms with van der Waals surface area (Å²) in [5.74, 6) is 0. The van der Waals surface area contributed by atoms with Crippen molar-refractivity contribution in [3.63, 3.8) is 0 Å². The summed E-state index contributed by atoms with van der Waals surface area (Å²) in [4.78, 5) is 0. The maximum Gasteiger partial charge on any atom is 0.148 e. The van der Waals surface area contributed by atoms with Gasteiger partial charge in [0.15, 0.2) is 0 Å². The number of aryl methyl sites for hydroxylation is 2. The van der Waals surface area contributed by atoms with Crippen molar-refractivity contribution in [2.45, 2.75) is 75.8 Å². The average molecular weight is 342 g/mol. The highest BCUT2D eigenvalue weighted by molar-refractivity contribution is 6.20. The predicted molar refractivity (Wildman–Crippen MR) is 97.7 cm³/mol. The second-order valence-corrected chi connectivity index (χ2v) is 6.93. The van der Waals surface area contributed by atoms with Gasteiger partial charge in [-0.2, -0.15) is 0 Å². The molecule has 1 aromatic rings. The van der Waals surface area contributed by atoms with E-state index in [1.807, 2.05) is 0 Å². The van der Waals surface area contributed by atoms with Gasteiger partial charge in [-0.25, -0.2) is 0 Å². The third kappa shape index (κ3) is 7.67. The molecule has 0 spiro atoms. The number of hydrogen-bond acceptors (Lipinski definition) is 3. The summed E-state index contributed by atoms with van der Waals surface area (Å²) in [7, 11) is 0. The van der Waals surface area contributed by atoms with Crippen LogP contribution in [-0.2, 0) is 12.8 Å². The Morgan fingerprint density at radius 3 is 2.04 bits per heavy atom. The lowest BCUT2D eigenvalue weighted by atomic mass is 9.94. The molecule has 0 aliphatic heterocycles. The summed E-state index contributed by atoms with van der Waals surface area (Å²) < 4.78 is 0. The number of nitrogens with two attached hydrogens (primary N) is 1. The highest BCUT2D eigenvalue weighted by atomic mass is 35.5. The molecule has 0 aromatic heterocycles. The molecule has 0 amide bonds. The molecular weight excluding hydrogens is 310 g/mol. The Morgan fingerprint density at radius 1 is 1.00 bits per heavy atom. The summed E-state index contributed by atoms with van der Waals surface area (Å²) >= 11 is 5.61. The van der Waals surface area contributed by atoms with Crippen LogP contribution in [0.25, 0.3) is 0 Å². The molecule has 0 saturated heterocycles. The van der Waals surface area contributed by atoms with Crippen LogP contribution < -0.4 is 5.73 Å². The Kier molecular flexibility index (Phi) is 9.80. The smallest absolute Gasteiger partial charge is 0.148 e. The van der Waals surface area contributed by atoms with E-state index in [-0.39, 0.29) is 6.61 Å². The van der Waals surface area contributed by atoms with E-state index in [2.05, 4.69) is 31.2 Å². The SMILES string of the molecule is CCc1ccc(CCCCCCCCC(N)(CO)C(O)Cl)cc1. The molecule has 3 nitrogen and oxygen atoms in total. The summed E-state index contributed by atoms with van der Waals surface area (Å²) in [6, 6.07) is 8.93. The van der Waals surface area contributed by atoms with Crippen molar-refractivity contribution < 1.29 is 10.2 Å². The number of alkyl halides is 1. The number of aliphatic hydroxyl groups excluding tert-OH is 2. The van der Waals surface area contributed by atoms with Gasteiger partial charge in [0.1, 0.15) is 5.56 Å².